The maximum absolute atomic E-state index is 12.7. The Balaban J connectivity index is 1.79. The van der Waals surface area contributed by atoms with Gasteiger partial charge in [0.15, 0.2) is 0 Å². The molecule has 1 unspecified atom stereocenters. The van der Waals surface area contributed by atoms with E-state index in [1.54, 1.807) is 25.1 Å². The number of hydrogen-bond acceptors (Lipinski definition) is 4. The summed E-state index contributed by atoms with van der Waals surface area (Å²) < 4.78 is 0. The first-order chi connectivity index (χ1) is 14.7. The number of carbonyl (C=O) groups excluding carboxylic acids is 1. The summed E-state index contributed by atoms with van der Waals surface area (Å²) in [6.07, 6.45) is 1.03. The van der Waals surface area contributed by atoms with Crippen molar-refractivity contribution in [2.24, 2.45) is 11.8 Å². The van der Waals surface area contributed by atoms with Crippen molar-refractivity contribution in [2.45, 2.75) is 59.0 Å². The first-order valence-corrected chi connectivity index (χ1v) is 11.3. The fourth-order valence-electron chi connectivity index (χ4n) is 4.97. The van der Waals surface area contributed by atoms with Crippen molar-refractivity contribution in [1.82, 2.24) is 4.90 Å². The van der Waals surface area contributed by atoms with Gasteiger partial charge in [-0.05, 0) is 79.6 Å². The van der Waals surface area contributed by atoms with E-state index in [1.807, 2.05) is 29.2 Å². The van der Waals surface area contributed by atoms with Gasteiger partial charge < -0.3 is 15.1 Å². The fraction of sp³-hybridized carbons (Fsp3) is 0.500. The van der Waals surface area contributed by atoms with Crippen molar-refractivity contribution < 1.29 is 15.0 Å². The molecule has 4 atom stereocenters. The van der Waals surface area contributed by atoms with Crippen molar-refractivity contribution >= 4 is 11.6 Å². The Morgan fingerprint density at radius 3 is 2.35 bits per heavy atom. The summed E-state index contributed by atoms with van der Waals surface area (Å²) in [6.45, 7) is 12.3. The predicted molar refractivity (Wildman–Crippen MR) is 126 cm³/mol. The zero-order valence-electron chi connectivity index (χ0n) is 19.3. The Morgan fingerprint density at radius 2 is 1.77 bits per heavy atom. The minimum Gasteiger partial charge on any atom is -0.508 e. The number of hydrogen-bond donors (Lipinski definition) is 2. The Bertz CT molecular complexity index is 880. The van der Waals surface area contributed by atoms with Crippen LogP contribution < -0.4 is 4.90 Å². The van der Waals surface area contributed by atoms with Gasteiger partial charge in [0, 0.05) is 25.2 Å². The lowest BCUT2D eigenvalue weighted by atomic mass is 9.77. The third kappa shape index (κ3) is 5.21. The van der Waals surface area contributed by atoms with E-state index in [9.17, 15) is 15.0 Å². The van der Waals surface area contributed by atoms with Crippen LogP contribution in [0.4, 0.5) is 5.69 Å². The van der Waals surface area contributed by atoms with Crippen LogP contribution in [0.15, 0.2) is 48.5 Å². The zero-order valence-corrected chi connectivity index (χ0v) is 19.3. The van der Waals surface area contributed by atoms with Crippen LogP contribution in [0.5, 0.6) is 11.5 Å². The predicted octanol–water partition coefficient (Wildman–Crippen LogP) is 4.99. The van der Waals surface area contributed by atoms with Gasteiger partial charge in [-0.15, -0.1) is 0 Å². The fourth-order valence-corrected chi connectivity index (χ4v) is 4.97. The number of piperidine rings is 1. The monoisotopic (exact) mass is 424 g/mol. The molecule has 1 fully saturated rings. The van der Waals surface area contributed by atoms with E-state index in [-0.39, 0.29) is 23.6 Å². The van der Waals surface area contributed by atoms with Gasteiger partial charge in [-0.2, -0.15) is 0 Å². The number of amides is 1. The third-order valence-corrected chi connectivity index (χ3v) is 6.99. The molecule has 5 heteroatoms. The molecule has 1 amide bonds. The maximum Gasteiger partial charge on any atom is 0.224 e. The number of phenols is 2. The molecule has 0 spiro atoms. The molecule has 168 valence electrons. The van der Waals surface area contributed by atoms with Gasteiger partial charge >= 0.3 is 0 Å². The first kappa shape index (κ1) is 23.1. The highest BCUT2D eigenvalue weighted by atomic mass is 16.3. The van der Waals surface area contributed by atoms with E-state index < -0.39 is 0 Å². The van der Waals surface area contributed by atoms with Gasteiger partial charge in [0.25, 0.3) is 0 Å². The Labute approximate surface area is 186 Å². The molecular weight excluding hydrogens is 388 g/mol. The van der Waals surface area contributed by atoms with Crippen LogP contribution >= 0.6 is 0 Å². The Kier molecular flexibility index (Phi) is 7.26. The second-order valence-corrected chi connectivity index (χ2v) is 9.30. The van der Waals surface area contributed by atoms with Crippen LogP contribution in [0.2, 0.25) is 0 Å². The van der Waals surface area contributed by atoms with Gasteiger partial charge in [0.1, 0.15) is 11.5 Å². The molecule has 0 bridgehead atoms. The molecule has 1 saturated heterocycles. The van der Waals surface area contributed by atoms with Crippen molar-refractivity contribution in [3.05, 3.63) is 54.1 Å². The van der Waals surface area contributed by atoms with E-state index in [0.717, 1.165) is 25.2 Å². The topological polar surface area (TPSA) is 64.0 Å². The SMILES string of the molecule is CC(=O)N(c1ccc(O)cc1)[C@H](CN1CC[C@@H](c2cccc(O)c2)[C@@H](C)C1C)C(C)C. The molecule has 3 rings (SSSR count). The standard InChI is InChI=1S/C26H36N2O3/c1-17(2)26(28(20(5)29)22-9-11-23(30)12-10-22)16-27-14-13-25(18(3)19(27)4)21-7-6-8-24(31)15-21/h6-12,15,17-19,25-26,30-31H,13-14,16H2,1-5H3/t18-,19?,25+,26+/m0/s1. The first-order valence-electron chi connectivity index (χ1n) is 11.3. The number of nitrogens with zero attached hydrogens (tertiary/aromatic N) is 2. The number of phenolic OH excluding ortho intramolecular Hbond substituents is 2. The molecule has 5 nitrogen and oxygen atoms in total. The van der Waals surface area contributed by atoms with Crippen molar-refractivity contribution in [3.8, 4) is 11.5 Å². The minimum atomic E-state index is 0.0136. The number of likely N-dealkylation sites (tertiary alicyclic amines) is 1. The van der Waals surface area contributed by atoms with E-state index in [4.69, 9.17) is 0 Å². The van der Waals surface area contributed by atoms with Crippen LogP contribution in [-0.4, -0.2) is 46.2 Å². The molecule has 0 saturated carbocycles. The van der Waals surface area contributed by atoms with Crippen LogP contribution in [0.25, 0.3) is 0 Å². The third-order valence-electron chi connectivity index (χ3n) is 6.99. The second kappa shape index (κ2) is 9.73. The molecule has 1 heterocycles. The van der Waals surface area contributed by atoms with E-state index >= 15 is 0 Å². The number of anilines is 1. The maximum atomic E-state index is 12.7. The molecule has 2 N–H and O–H groups in total. The second-order valence-electron chi connectivity index (χ2n) is 9.30. The summed E-state index contributed by atoms with van der Waals surface area (Å²) in [5.41, 5.74) is 2.02. The molecule has 31 heavy (non-hydrogen) atoms. The summed E-state index contributed by atoms with van der Waals surface area (Å²) in [4.78, 5) is 17.0. The highest BCUT2D eigenvalue weighted by Gasteiger charge is 2.36. The highest BCUT2D eigenvalue weighted by Crippen LogP contribution is 2.38. The van der Waals surface area contributed by atoms with Gasteiger partial charge in [-0.3, -0.25) is 9.69 Å². The summed E-state index contributed by atoms with van der Waals surface area (Å²) in [6, 6.07) is 14.9. The Morgan fingerprint density at radius 1 is 1.10 bits per heavy atom. The minimum absolute atomic E-state index is 0.0136. The summed E-state index contributed by atoms with van der Waals surface area (Å²) in [7, 11) is 0. The smallest absolute Gasteiger partial charge is 0.224 e. The lowest BCUT2D eigenvalue weighted by Gasteiger charge is -2.46. The number of carbonyl (C=O) groups is 1. The van der Waals surface area contributed by atoms with Gasteiger partial charge in [-0.25, -0.2) is 0 Å². The molecular formula is C26H36N2O3. The summed E-state index contributed by atoms with van der Waals surface area (Å²) in [5.74, 6) is 1.67. The van der Waals surface area contributed by atoms with Crippen molar-refractivity contribution in [2.75, 3.05) is 18.0 Å². The zero-order chi connectivity index (χ0) is 22.7. The number of aromatic hydroxyl groups is 2. The average Bonchev–Trinajstić information content (AvgIpc) is 2.71. The van der Waals surface area contributed by atoms with E-state index in [1.165, 1.54) is 5.56 Å². The van der Waals surface area contributed by atoms with E-state index in [0.29, 0.717) is 23.6 Å². The van der Waals surface area contributed by atoms with Crippen LogP contribution in [0.3, 0.4) is 0 Å². The quantitative estimate of drug-likeness (QED) is 0.686. The molecule has 0 aromatic heterocycles. The number of benzene rings is 2. The summed E-state index contributed by atoms with van der Waals surface area (Å²) >= 11 is 0. The van der Waals surface area contributed by atoms with Gasteiger partial charge in [0.05, 0.1) is 6.04 Å². The lowest BCUT2D eigenvalue weighted by molar-refractivity contribution is -0.117. The molecule has 2 aromatic carbocycles. The highest BCUT2D eigenvalue weighted by molar-refractivity contribution is 5.92. The molecule has 1 aliphatic rings. The van der Waals surface area contributed by atoms with E-state index in [2.05, 4.69) is 38.7 Å². The number of rotatable bonds is 6. The summed E-state index contributed by atoms with van der Waals surface area (Å²) in [5, 5.41) is 19.6. The average molecular weight is 425 g/mol. The van der Waals surface area contributed by atoms with Gasteiger partial charge in [0.2, 0.25) is 5.91 Å². The largest absolute Gasteiger partial charge is 0.508 e. The van der Waals surface area contributed by atoms with Crippen molar-refractivity contribution in [3.63, 3.8) is 0 Å². The molecule has 1 aliphatic heterocycles. The Hall–Kier alpha value is -2.53. The van der Waals surface area contributed by atoms with Crippen LogP contribution in [-0.2, 0) is 4.79 Å². The van der Waals surface area contributed by atoms with Crippen LogP contribution in [0.1, 0.15) is 52.5 Å². The van der Waals surface area contributed by atoms with Gasteiger partial charge in [-0.1, -0.05) is 32.9 Å². The normalized spacial score (nSPS) is 23.0. The molecule has 2 aromatic rings. The molecule has 0 radical (unpaired) electrons. The molecule has 0 aliphatic carbocycles. The van der Waals surface area contributed by atoms with Crippen LogP contribution in [0, 0.1) is 11.8 Å². The lowest BCUT2D eigenvalue weighted by Crippen LogP contribution is -2.54. The van der Waals surface area contributed by atoms with Crippen molar-refractivity contribution in [1.29, 1.82) is 0 Å².